The lowest BCUT2D eigenvalue weighted by molar-refractivity contribution is -0.859. The lowest BCUT2D eigenvalue weighted by Crippen LogP contribution is -2.62. The molecule has 2 aliphatic rings. The molecule has 0 aromatic carbocycles. The van der Waals surface area contributed by atoms with E-state index in [1.807, 2.05) is 18.4 Å². The number of imidazole rings is 1. The zero-order valence-corrected chi connectivity index (χ0v) is 19.9. The Hall–Kier alpha value is -3.51. The van der Waals surface area contributed by atoms with Gasteiger partial charge in [-0.2, -0.15) is 0 Å². The van der Waals surface area contributed by atoms with E-state index in [0.717, 1.165) is 18.4 Å². The molecule has 1 aliphatic heterocycles. The van der Waals surface area contributed by atoms with E-state index in [0.29, 0.717) is 48.1 Å². The highest BCUT2D eigenvalue weighted by atomic mass is 16.3. The molecule has 3 aromatic rings. The summed E-state index contributed by atoms with van der Waals surface area (Å²) in [7, 11) is 0. The molecule has 0 bridgehead atoms. The Morgan fingerprint density at radius 1 is 1.23 bits per heavy atom. The summed E-state index contributed by atoms with van der Waals surface area (Å²) in [5.74, 6) is 1.28. The summed E-state index contributed by atoms with van der Waals surface area (Å²) in [4.78, 5) is 48.0. The van der Waals surface area contributed by atoms with Gasteiger partial charge in [0.25, 0.3) is 5.91 Å². The van der Waals surface area contributed by atoms with Crippen molar-refractivity contribution in [2.75, 3.05) is 25.0 Å². The van der Waals surface area contributed by atoms with Crippen LogP contribution >= 0.6 is 0 Å². The summed E-state index contributed by atoms with van der Waals surface area (Å²) >= 11 is 0. The molecule has 35 heavy (non-hydrogen) atoms. The second kappa shape index (κ2) is 8.93. The minimum Gasteiger partial charge on any atom is -0.390 e. The van der Waals surface area contributed by atoms with Crippen molar-refractivity contribution in [2.45, 2.75) is 51.7 Å². The van der Waals surface area contributed by atoms with Crippen molar-refractivity contribution < 1.29 is 19.2 Å². The van der Waals surface area contributed by atoms with Crippen LogP contribution in [0.1, 0.15) is 32.0 Å². The molecule has 12 heteroatoms. The summed E-state index contributed by atoms with van der Waals surface area (Å²) in [6.07, 6.45) is 6.94. The van der Waals surface area contributed by atoms with E-state index in [2.05, 4.69) is 25.3 Å². The first kappa shape index (κ1) is 23.2. The molecule has 2 fully saturated rings. The van der Waals surface area contributed by atoms with Crippen molar-refractivity contribution in [1.82, 2.24) is 29.5 Å². The zero-order valence-electron chi connectivity index (χ0n) is 19.9. The second-order valence-corrected chi connectivity index (χ2v) is 9.36. The normalized spacial score (nSPS) is 24.1. The Morgan fingerprint density at radius 3 is 2.60 bits per heavy atom. The summed E-state index contributed by atoms with van der Waals surface area (Å²) < 4.78 is 1.86. The van der Waals surface area contributed by atoms with Crippen LogP contribution in [0.5, 0.6) is 0 Å². The number of aliphatic hydroxyl groups excluding tert-OH is 1. The molecule has 1 unspecified atom stereocenters. The number of carbonyl (C=O) groups excluding carboxylic acids is 2. The molecule has 12 nitrogen and oxygen atoms in total. The third-order valence-electron chi connectivity index (χ3n) is 7.07. The average Bonchev–Trinajstić information content (AvgIpc) is 3.52. The first-order valence-electron chi connectivity index (χ1n) is 12.0. The van der Waals surface area contributed by atoms with Crippen molar-refractivity contribution >= 4 is 28.8 Å². The van der Waals surface area contributed by atoms with E-state index in [4.69, 9.17) is 10.7 Å². The van der Waals surface area contributed by atoms with Crippen LogP contribution in [0, 0.1) is 12.8 Å². The average molecular weight is 481 g/mol. The van der Waals surface area contributed by atoms with Crippen molar-refractivity contribution in [3.8, 4) is 11.4 Å². The SMILES string of the molecule is CCn1c(-c2cnc(C)nc2)nc2c(N[C@H]3C[C@H](C(N)=O)[N+](CCO)(C(=O)C4CC4)C3)ncnc21. The van der Waals surface area contributed by atoms with Crippen LogP contribution < -0.4 is 11.1 Å². The maximum absolute atomic E-state index is 13.3. The first-order chi connectivity index (χ1) is 16.9. The minimum atomic E-state index is -0.696. The summed E-state index contributed by atoms with van der Waals surface area (Å²) in [5, 5.41) is 13.2. The fourth-order valence-electron chi connectivity index (χ4n) is 5.27. The quantitative estimate of drug-likeness (QED) is 0.387. The van der Waals surface area contributed by atoms with Gasteiger partial charge in [0.1, 0.15) is 31.1 Å². The maximum atomic E-state index is 13.3. The molecule has 0 spiro atoms. The van der Waals surface area contributed by atoms with E-state index in [-0.39, 0.29) is 35.5 Å². The molecule has 1 saturated carbocycles. The predicted molar refractivity (Wildman–Crippen MR) is 127 cm³/mol. The highest BCUT2D eigenvalue weighted by Crippen LogP contribution is 2.39. The number of nitrogens with two attached hydrogens (primary N) is 1. The van der Waals surface area contributed by atoms with E-state index in [1.165, 1.54) is 6.33 Å². The van der Waals surface area contributed by atoms with E-state index < -0.39 is 11.9 Å². The number of anilines is 1. The fourth-order valence-corrected chi connectivity index (χ4v) is 5.27. The number of aliphatic hydroxyl groups is 1. The number of fused-ring (bicyclic) bond motifs is 1. The highest BCUT2D eigenvalue weighted by Gasteiger charge is 2.58. The number of aryl methyl sites for hydroxylation is 2. The van der Waals surface area contributed by atoms with Gasteiger partial charge in [-0.05, 0) is 26.7 Å². The summed E-state index contributed by atoms with van der Waals surface area (Å²) in [6.45, 7) is 4.79. The van der Waals surface area contributed by atoms with Crippen LogP contribution in [0.2, 0.25) is 0 Å². The third kappa shape index (κ3) is 4.02. The Labute approximate surface area is 202 Å². The van der Waals surface area contributed by atoms with Gasteiger partial charge in [-0.3, -0.25) is 4.79 Å². The Kier molecular flexibility index (Phi) is 5.93. The van der Waals surface area contributed by atoms with Crippen molar-refractivity contribution in [3.05, 3.63) is 24.5 Å². The minimum absolute atomic E-state index is 0.00287. The van der Waals surface area contributed by atoms with E-state index in [1.54, 1.807) is 12.4 Å². The Bertz CT molecular complexity index is 1270. The lowest BCUT2D eigenvalue weighted by Gasteiger charge is -2.35. The van der Waals surface area contributed by atoms with E-state index >= 15 is 0 Å². The van der Waals surface area contributed by atoms with Crippen molar-refractivity contribution in [1.29, 1.82) is 0 Å². The molecular formula is C23H30N9O3+. The van der Waals surface area contributed by atoms with Gasteiger partial charge in [0.15, 0.2) is 23.0 Å². The molecule has 1 aliphatic carbocycles. The van der Waals surface area contributed by atoms with Gasteiger partial charge in [-0.25, -0.2) is 34.2 Å². The Balaban J connectivity index is 1.50. The Morgan fingerprint density at radius 2 is 1.97 bits per heavy atom. The number of quaternary nitrogens is 1. The van der Waals surface area contributed by atoms with Crippen molar-refractivity contribution in [2.24, 2.45) is 11.7 Å². The molecule has 3 atom stereocenters. The summed E-state index contributed by atoms with van der Waals surface area (Å²) in [6, 6.07) is -0.948. The van der Waals surface area contributed by atoms with Gasteiger partial charge >= 0.3 is 5.91 Å². The number of primary amides is 1. The number of nitrogens with one attached hydrogen (secondary N) is 1. The number of hydrogen-bond donors (Lipinski definition) is 3. The number of aromatic nitrogens is 6. The molecular weight excluding hydrogens is 450 g/mol. The molecule has 0 radical (unpaired) electrons. The predicted octanol–water partition coefficient (Wildman–Crippen LogP) is 0.395. The number of amides is 2. The van der Waals surface area contributed by atoms with Crippen LogP contribution in [-0.2, 0) is 16.1 Å². The topological polar surface area (TPSA) is 162 Å². The highest BCUT2D eigenvalue weighted by molar-refractivity contribution is 5.87. The van der Waals surface area contributed by atoms with Gasteiger partial charge in [0.05, 0.1) is 24.1 Å². The van der Waals surface area contributed by atoms with Gasteiger partial charge in [-0.15, -0.1) is 0 Å². The number of rotatable bonds is 8. The zero-order chi connectivity index (χ0) is 24.7. The van der Waals surface area contributed by atoms with Crippen LogP contribution in [-0.4, -0.2) is 82.7 Å². The largest absolute Gasteiger partial charge is 0.390 e. The van der Waals surface area contributed by atoms with Crippen LogP contribution in [0.4, 0.5) is 5.82 Å². The molecule has 4 N–H and O–H groups in total. The molecule has 1 saturated heterocycles. The van der Waals surface area contributed by atoms with Crippen molar-refractivity contribution in [3.63, 3.8) is 0 Å². The second-order valence-electron chi connectivity index (χ2n) is 9.36. The maximum Gasteiger partial charge on any atom is 0.317 e. The molecule has 2 amide bonds. The first-order valence-corrected chi connectivity index (χ1v) is 12.0. The van der Waals surface area contributed by atoms with Crippen LogP contribution in [0.3, 0.4) is 0 Å². The van der Waals surface area contributed by atoms with Gasteiger partial charge in [0.2, 0.25) is 0 Å². The third-order valence-corrected chi connectivity index (χ3v) is 7.07. The number of hydrogen-bond acceptors (Lipinski definition) is 9. The number of carbonyl (C=O) groups is 2. The van der Waals surface area contributed by atoms with Gasteiger partial charge < -0.3 is 20.7 Å². The lowest BCUT2D eigenvalue weighted by atomic mass is 10.1. The van der Waals surface area contributed by atoms with Gasteiger partial charge in [-0.1, -0.05) is 0 Å². The van der Waals surface area contributed by atoms with Crippen LogP contribution in [0.25, 0.3) is 22.6 Å². The van der Waals surface area contributed by atoms with Crippen LogP contribution in [0.15, 0.2) is 18.7 Å². The fraction of sp³-hybridized carbons (Fsp3) is 0.522. The number of nitrogens with zero attached hydrogens (tertiary/aromatic N) is 7. The number of likely N-dealkylation sites (tertiary alicyclic amines) is 1. The molecule has 4 heterocycles. The standard InChI is InChI=1S/C23H29N9O3/c1-3-31-21(15-9-25-13(2)26-10-15)30-18-20(27-12-28-22(18)31)29-16-8-17(19(24)34)32(11-16,6-7-33)23(35)14-4-5-14/h9-10,12,14,16-17,33H,3-8,11H2,1-2H3,(H2-,24,27,28,29,34)/p+1/t16-,17+,32?/m0/s1. The smallest absolute Gasteiger partial charge is 0.317 e. The molecule has 3 aromatic heterocycles. The summed E-state index contributed by atoms with van der Waals surface area (Å²) in [5.41, 5.74) is 7.77. The monoisotopic (exact) mass is 480 g/mol. The van der Waals surface area contributed by atoms with Gasteiger partial charge in [0, 0.05) is 25.4 Å². The molecule has 5 rings (SSSR count). The molecule has 184 valence electrons. The van der Waals surface area contributed by atoms with E-state index in [9.17, 15) is 14.7 Å².